The van der Waals surface area contributed by atoms with E-state index >= 15 is 0 Å². The number of amides is 2. The Hall–Kier alpha value is -1.36. The molecular weight excluding hydrogens is 232 g/mol. The van der Waals surface area contributed by atoms with Crippen molar-refractivity contribution in [1.29, 1.82) is 0 Å². The summed E-state index contributed by atoms with van der Waals surface area (Å²) in [5, 5.41) is 2.72. The average Bonchev–Trinajstić information content (AvgIpc) is 2.27. The predicted molar refractivity (Wildman–Crippen MR) is 69.0 cm³/mol. The second-order valence-corrected chi connectivity index (χ2v) is 5.06. The van der Waals surface area contributed by atoms with Crippen LogP contribution in [0, 0.1) is 5.92 Å². The van der Waals surface area contributed by atoms with Crippen molar-refractivity contribution in [3.63, 3.8) is 0 Å². The SMILES string of the molecule is C=C(C)COCCN1CC(=O)NC(C(C)C)C1=O. The van der Waals surface area contributed by atoms with Crippen molar-refractivity contribution in [3.05, 3.63) is 12.2 Å². The van der Waals surface area contributed by atoms with Gasteiger partial charge in [0.15, 0.2) is 0 Å². The van der Waals surface area contributed by atoms with Crippen molar-refractivity contribution < 1.29 is 14.3 Å². The summed E-state index contributed by atoms with van der Waals surface area (Å²) in [6.07, 6.45) is 0. The van der Waals surface area contributed by atoms with Gasteiger partial charge in [-0.15, -0.1) is 0 Å². The van der Waals surface area contributed by atoms with Crippen molar-refractivity contribution in [2.75, 3.05) is 26.3 Å². The summed E-state index contributed by atoms with van der Waals surface area (Å²) in [7, 11) is 0. The number of carbonyl (C=O) groups excluding carboxylic acids is 2. The quantitative estimate of drug-likeness (QED) is 0.556. The molecule has 2 amide bonds. The Balaban J connectivity index is 2.46. The molecule has 1 saturated heterocycles. The molecule has 0 aliphatic carbocycles. The van der Waals surface area contributed by atoms with Gasteiger partial charge in [-0.3, -0.25) is 9.59 Å². The fourth-order valence-electron chi connectivity index (χ4n) is 1.79. The minimum atomic E-state index is -0.410. The lowest BCUT2D eigenvalue weighted by Crippen LogP contribution is -2.60. The third-order valence-electron chi connectivity index (χ3n) is 2.75. The van der Waals surface area contributed by atoms with Crippen molar-refractivity contribution in [2.24, 2.45) is 5.92 Å². The van der Waals surface area contributed by atoms with Crippen LogP contribution >= 0.6 is 0 Å². The van der Waals surface area contributed by atoms with Crippen LogP contribution in [0.25, 0.3) is 0 Å². The Morgan fingerprint density at radius 1 is 1.56 bits per heavy atom. The van der Waals surface area contributed by atoms with Crippen LogP contribution in [0.2, 0.25) is 0 Å². The number of hydrogen-bond donors (Lipinski definition) is 1. The summed E-state index contributed by atoms with van der Waals surface area (Å²) in [5.41, 5.74) is 0.942. The molecule has 5 nitrogen and oxygen atoms in total. The zero-order chi connectivity index (χ0) is 13.7. The fraction of sp³-hybridized carbons (Fsp3) is 0.692. The van der Waals surface area contributed by atoms with Gasteiger partial charge in [-0.05, 0) is 12.8 Å². The zero-order valence-electron chi connectivity index (χ0n) is 11.4. The summed E-state index contributed by atoms with van der Waals surface area (Å²) in [5.74, 6) is -0.0303. The maximum Gasteiger partial charge on any atom is 0.245 e. The molecule has 0 saturated carbocycles. The smallest absolute Gasteiger partial charge is 0.245 e. The fourth-order valence-corrected chi connectivity index (χ4v) is 1.79. The molecule has 1 N–H and O–H groups in total. The number of ether oxygens (including phenoxy) is 1. The summed E-state index contributed by atoms with van der Waals surface area (Å²) < 4.78 is 5.35. The highest BCUT2D eigenvalue weighted by molar-refractivity contribution is 5.94. The number of rotatable bonds is 6. The first-order valence-corrected chi connectivity index (χ1v) is 6.22. The molecule has 1 aliphatic rings. The minimum Gasteiger partial charge on any atom is -0.375 e. The molecule has 1 atom stereocenters. The zero-order valence-corrected chi connectivity index (χ0v) is 11.4. The molecule has 1 rings (SSSR count). The van der Waals surface area contributed by atoms with Gasteiger partial charge in [0.1, 0.15) is 6.04 Å². The van der Waals surface area contributed by atoms with Crippen LogP contribution in [0.15, 0.2) is 12.2 Å². The average molecular weight is 254 g/mol. The van der Waals surface area contributed by atoms with Gasteiger partial charge in [-0.25, -0.2) is 0 Å². The molecule has 1 heterocycles. The lowest BCUT2D eigenvalue weighted by molar-refractivity contribution is -0.146. The van der Waals surface area contributed by atoms with Gasteiger partial charge in [-0.1, -0.05) is 26.0 Å². The Labute approximate surface area is 108 Å². The van der Waals surface area contributed by atoms with E-state index in [1.165, 1.54) is 0 Å². The number of carbonyl (C=O) groups is 2. The van der Waals surface area contributed by atoms with Gasteiger partial charge in [0.2, 0.25) is 11.8 Å². The molecule has 102 valence electrons. The van der Waals surface area contributed by atoms with Crippen molar-refractivity contribution in [2.45, 2.75) is 26.8 Å². The van der Waals surface area contributed by atoms with Crippen LogP contribution in [0.3, 0.4) is 0 Å². The number of nitrogens with one attached hydrogen (secondary N) is 1. The monoisotopic (exact) mass is 254 g/mol. The van der Waals surface area contributed by atoms with Gasteiger partial charge in [-0.2, -0.15) is 0 Å². The highest BCUT2D eigenvalue weighted by Gasteiger charge is 2.33. The molecule has 1 unspecified atom stereocenters. The van der Waals surface area contributed by atoms with E-state index in [2.05, 4.69) is 11.9 Å². The van der Waals surface area contributed by atoms with Gasteiger partial charge in [0, 0.05) is 6.54 Å². The van der Waals surface area contributed by atoms with Gasteiger partial charge < -0.3 is 15.0 Å². The largest absolute Gasteiger partial charge is 0.375 e. The summed E-state index contributed by atoms with van der Waals surface area (Å²) in [4.78, 5) is 25.2. The summed E-state index contributed by atoms with van der Waals surface area (Å²) in [6.45, 7) is 10.9. The topological polar surface area (TPSA) is 58.6 Å². The molecule has 0 aromatic carbocycles. The molecule has 1 aliphatic heterocycles. The first kappa shape index (κ1) is 14.7. The summed E-state index contributed by atoms with van der Waals surface area (Å²) in [6, 6.07) is -0.410. The third kappa shape index (κ3) is 4.14. The molecule has 0 spiro atoms. The normalized spacial score (nSPS) is 20.2. The van der Waals surface area contributed by atoms with E-state index in [1.54, 1.807) is 4.90 Å². The maximum atomic E-state index is 12.1. The molecular formula is C13H22N2O3. The van der Waals surface area contributed by atoms with Crippen LogP contribution in [0.4, 0.5) is 0 Å². The van der Waals surface area contributed by atoms with E-state index in [1.807, 2.05) is 20.8 Å². The van der Waals surface area contributed by atoms with E-state index in [-0.39, 0.29) is 24.3 Å². The molecule has 0 aromatic heterocycles. The van der Waals surface area contributed by atoms with Crippen LogP contribution in [-0.4, -0.2) is 49.1 Å². The van der Waals surface area contributed by atoms with Crippen LogP contribution < -0.4 is 5.32 Å². The number of piperazine rings is 1. The van der Waals surface area contributed by atoms with Crippen molar-refractivity contribution in [3.8, 4) is 0 Å². The second kappa shape index (κ2) is 6.54. The van der Waals surface area contributed by atoms with E-state index in [0.717, 1.165) is 5.57 Å². The van der Waals surface area contributed by atoms with Gasteiger partial charge in [0.05, 0.1) is 19.8 Å². The lowest BCUT2D eigenvalue weighted by atomic mass is 10.0. The van der Waals surface area contributed by atoms with Crippen LogP contribution in [0.1, 0.15) is 20.8 Å². The molecule has 18 heavy (non-hydrogen) atoms. The van der Waals surface area contributed by atoms with Crippen LogP contribution in [-0.2, 0) is 14.3 Å². The highest BCUT2D eigenvalue weighted by Crippen LogP contribution is 2.10. The Kier molecular flexibility index (Phi) is 5.34. The van der Waals surface area contributed by atoms with E-state index in [9.17, 15) is 9.59 Å². The minimum absolute atomic E-state index is 0.0245. The number of hydrogen-bond acceptors (Lipinski definition) is 3. The third-order valence-corrected chi connectivity index (χ3v) is 2.75. The Morgan fingerprint density at radius 2 is 2.22 bits per heavy atom. The van der Waals surface area contributed by atoms with E-state index < -0.39 is 6.04 Å². The Morgan fingerprint density at radius 3 is 2.78 bits per heavy atom. The van der Waals surface area contributed by atoms with Gasteiger partial charge in [0.25, 0.3) is 0 Å². The molecule has 5 heteroatoms. The maximum absolute atomic E-state index is 12.1. The van der Waals surface area contributed by atoms with Gasteiger partial charge >= 0.3 is 0 Å². The van der Waals surface area contributed by atoms with Crippen molar-refractivity contribution in [1.82, 2.24) is 10.2 Å². The Bertz CT molecular complexity index is 339. The first-order chi connectivity index (χ1) is 8.41. The van der Waals surface area contributed by atoms with Crippen molar-refractivity contribution >= 4 is 11.8 Å². The lowest BCUT2D eigenvalue weighted by Gasteiger charge is -2.34. The number of nitrogens with zero attached hydrogens (tertiary/aromatic N) is 1. The summed E-state index contributed by atoms with van der Waals surface area (Å²) >= 11 is 0. The molecule has 0 aromatic rings. The molecule has 1 fully saturated rings. The van der Waals surface area contributed by atoms with E-state index in [0.29, 0.717) is 19.8 Å². The standard InChI is InChI=1S/C13H22N2O3/c1-9(2)8-18-6-5-15-7-11(16)14-12(10(3)4)13(15)17/h10,12H,1,5-8H2,2-4H3,(H,14,16). The second-order valence-electron chi connectivity index (χ2n) is 5.06. The predicted octanol–water partition coefficient (Wildman–Crippen LogP) is 0.562. The molecule has 0 bridgehead atoms. The first-order valence-electron chi connectivity index (χ1n) is 6.22. The van der Waals surface area contributed by atoms with Crippen LogP contribution in [0.5, 0.6) is 0 Å². The highest BCUT2D eigenvalue weighted by atomic mass is 16.5. The molecule has 0 radical (unpaired) electrons. The van der Waals surface area contributed by atoms with E-state index in [4.69, 9.17) is 4.74 Å².